The average Bonchev–Trinajstić information content (AvgIpc) is 3.03. The van der Waals surface area contributed by atoms with Crippen LogP contribution in [0.15, 0.2) is 42.5 Å². The fraction of sp³-hybridized carbons (Fsp3) is 0.125. The van der Waals surface area contributed by atoms with Crippen LogP contribution in [0.2, 0.25) is 0 Å². The van der Waals surface area contributed by atoms with Crippen LogP contribution < -0.4 is 4.74 Å². The van der Waals surface area contributed by atoms with E-state index in [9.17, 15) is 18.3 Å². The number of ether oxygens (including phenoxy) is 1. The van der Waals surface area contributed by atoms with Gasteiger partial charge in [-0.2, -0.15) is 13.2 Å². The number of benzene rings is 2. The number of rotatable bonds is 3. The largest absolute Gasteiger partial charge is 0.507 e. The Kier molecular flexibility index (Phi) is 4.15. The molecule has 124 valence electrons. The van der Waals surface area contributed by atoms with Gasteiger partial charge in [0, 0.05) is 5.56 Å². The molecule has 0 radical (unpaired) electrons. The molecule has 3 rings (SSSR count). The number of hydrogen-bond acceptors (Lipinski definition) is 5. The molecule has 0 aliphatic carbocycles. The lowest BCUT2D eigenvalue weighted by atomic mass is 10.1. The number of aromatic hydroxyl groups is 1. The van der Waals surface area contributed by atoms with Gasteiger partial charge in [-0.25, -0.2) is 0 Å². The van der Waals surface area contributed by atoms with Crippen LogP contribution >= 0.6 is 11.3 Å². The number of nitrogens with zero attached hydrogens (tertiary/aromatic N) is 2. The summed E-state index contributed by atoms with van der Waals surface area (Å²) in [6.07, 6.45) is -4.51. The van der Waals surface area contributed by atoms with Crippen molar-refractivity contribution in [2.75, 3.05) is 7.11 Å². The second-order valence-electron chi connectivity index (χ2n) is 4.87. The molecule has 0 bridgehead atoms. The van der Waals surface area contributed by atoms with Gasteiger partial charge in [0.15, 0.2) is 5.01 Å². The Bertz CT molecular complexity index is 861. The molecule has 0 amide bonds. The van der Waals surface area contributed by atoms with Crippen LogP contribution in [0, 0.1) is 0 Å². The number of methoxy groups -OCH3 is 1. The first-order chi connectivity index (χ1) is 11.4. The smallest absolute Gasteiger partial charge is 0.416 e. The highest BCUT2D eigenvalue weighted by Crippen LogP contribution is 2.38. The topological polar surface area (TPSA) is 55.2 Å². The SMILES string of the molecule is COc1ccc(-c2nnc(-c3ccc(C(F)(F)F)cc3O)s2)cc1. The minimum Gasteiger partial charge on any atom is -0.507 e. The number of halogens is 3. The maximum Gasteiger partial charge on any atom is 0.416 e. The average molecular weight is 352 g/mol. The van der Waals surface area contributed by atoms with Gasteiger partial charge < -0.3 is 9.84 Å². The molecule has 0 fully saturated rings. The van der Waals surface area contributed by atoms with Gasteiger partial charge in [-0.05, 0) is 42.5 Å². The van der Waals surface area contributed by atoms with Crippen molar-refractivity contribution in [2.45, 2.75) is 6.18 Å². The van der Waals surface area contributed by atoms with E-state index in [0.29, 0.717) is 21.8 Å². The Morgan fingerprint density at radius 1 is 1.00 bits per heavy atom. The van der Waals surface area contributed by atoms with Crippen LogP contribution in [-0.2, 0) is 6.18 Å². The lowest BCUT2D eigenvalue weighted by Crippen LogP contribution is -2.04. The van der Waals surface area contributed by atoms with Gasteiger partial charge in [-0.3, -0.25) is 0 Å². The van der Waals surface area contributed by atoms with Gasteiger partial charge in [0.2, 0.25) is 0 Å². The summed E-state index contributed by atoms with van der Waals surface area (Å²) in [6, 6.07) is 9.92. The first-order valence-electron chi connectivity index (χ1n) is 6.77. The monoisotopic (exact) mass is 352 g/mol. The Labute approximate surface area is 139 Å². The van der Waals surface area contributed by atoms with Crippen LogP contribution in [0.3, 0.4) is 0 Å². The summed E-state index contributed by atoms with van der Waals surface area (Å²) in [5.74, 6) is 0.214. The Hall–Kier alpha value is -2.61. The Morgan fingerprint density at radius 3 is 2.25 bits per heavy atom. The molecule has 0 saturated heterocycles. The van der Waals surface area contributed by atoms with Gasteiger partial charge in [0.1, 0.15) is 16.5 Å². The summed E-state index contributed by atoms with van der Waals surface area (Å²) >= 11 is 1.18. The van der Waals surface area contributed by atoms with E-state index in [1.807, 2.05) is 0 Å². The molecular formula is C16H11F3N2O2S. The molecule has 4 nitrogen and oxygen atoms in total. The normalized spacial score (nSPS) is 11.5. The van der Waals surface area contributed by atoms with E-state index in [4.69, 9.17) is 4.74 Å². The number of alkyl halides is 3. The van der Waals surface area contributed by atoms with Crippen LogP contribution in [0.25, 0.3) is 21.1 Å². The summed E-state index contributed by atoms with van der Waals surface area (Å²) < 4.78 is 43.0. The summed E-state index contributed by atoms with van der Waals surface area (Å²) in [6.45, 7) is 0. The summed E-state index contributed by atoms with van der Waals surface area (Å²) in [5, 5.41) is 18.8. The molecule has 1 aromatic heterocycles. The number of phenols is 1. The summed E-state index contributed by atoms with van der Waals surface area (Å²) in [7, 11) is 1.56. The van der Waals surface area contributed by atoms with Gasteiger partial charge >= 0.3 is 6.18 Å². The van der Waals surface area contributed by atoms with Crippen molar-refractivity contribution in [2.24, 2.45) is 0 Å². The van der Waals surface area contributed by atoms with E-state index in [1.54, 1.807) is 31.4 Å². The molecule has 1 heterocycles. The van der Waals surface area contributed by atoms with Crippen molar-refractivity contribution in [3.8, 4) is 32.6 Å². The zero-order chi connectivity index (χ0) is 17.3. The number of aromatic nitrogens is 2. The Balaban J connectivity index is 1.93. The molecule has 0 unspecified atom stereocenters. The third-order valence-electron chi connectivity index (χ3n) is 3.32. The number of phenolic OH excluding ortho intramolecular Hbond substituents is 1. The molecule has 0 aliphatic heterocycles. The highest BCUT2D eigenvalue weighted by atomic mass is 32.1. The lowest BCUT2D eigenvalue weighted by molar-refractivity contribution is -0.137. The fourth-order valence-corrected chi connectivity index (χ4v) is 2.95. The van der Waals surface area contributed by atoms with Crippen molar-refractivity contribution in [3.63, 3.8) is 0 Å². The van der Waals surface area contributed by atoms with Gasteiger partial charge in [-0.1, -0.05) is 11.3 Å². The third-order valence-corrected chi connectivity index (χ3v) is 4.32. The second-order valence-corrected chi connectivity index (χ2v) is 5.85. The molecule has 0 atom stereocenters. The van der Waals surface area contributed by atoms with Crippen LogP contribution in [0.4, 0.5) is 13.2 Å². The van der Waals surface area contributed by atoms with E-state index in [-0.39, 0.29) is 5.56 Å². The van der Waals surface area contributed by atoms with Crippen LogP contribution in [-0.4, -0.2) is 22.4 Å². The number of hydrogen-bond donors (Lipinski definition) is 1. The van der Waals surface area contributed by atoms with Crippen LogP contribution in [0.1, 0.15) is 5.56 Å². The van der Waals surface area contributed by atoms with Gasteiger partial charge in [0.25, 0.3) is 0 Å². The van der Waals surface area contributed by atoms with Crippen molar-refractivity contribution in [1.29, 1.82) is 0 Å². The molecular weight excluding hydrogens is 341 g/mol. The minimum absolute atomic E-state index is 0.209. The molecule has 0 aliphatic rings. The van der Waals surface area contributed by atoms with Gasteiger partial charge in [-0.15, -0.1) is 10.2 Å². The van der Waals surface area contributed by atoms with E-state index >= 15 is 0 Å². The predicted molar refractivity (Wildman–Crippen MR) is 84.0 cm³/mol. The molecule has 0 spiro atoms. The van der Waals surface area contributed by atoms with E-state index in [2.05, 4.69) is 10.2 Å². The zero-order valence-electron chi connectivity index (χ0n) is 12.3. The molecule has 8 heteroatoms. The summed E-state index contributed by atoms with van der Waals surface area (Å²) in [5.41, 5.74) is 0.0925. The third kappa shape index (κ3) is 3.18. The Morgan fingerprint density at radius 2 is 1.67 bits per heavy atom. The first kappa shape index (κ1) is 16.3. The van der Waals surface area contributed by atoms with E-state index < -0.39 is 17.5 Å². The lowest BCUT2D eigenvalue weighted by Gasteiger charge is -2.08. The van der Waals surface area contributed by atoms with Crippen LogP contribution in [0.5, 0.6) is 11.5 Å². The summed E-state index contributed by atoms with van der Waals surface area (Å²) in [4.78, 5) is 0. The molecule has 24 heavy (non-hydrogen) atoms. The maximum atomic E-state index is 12.6. The van der Waals surface area contributed by atoms with Crippen molar-refractivity contribution in [1.82, 2.24) is 10.2 Å². The second kappa shape index (κ2) is 6.12. The van der Waals surface area contributed by atoms with E-state index in [0.717, 1.165) is 11.6 Å². The standard InChI is InChI=1S/C16H11F3N2O2S/c1-23-11-5-2-9(3-6-11)14-20-21-15(24-14)12-7-4-10(8-13(12)22)16(17,18)19/h2-8,22H,1H3. The van der Waals surface area contributed by atoms with Gasteiger partial charge in [0.05, 0.1) is 18.2 Å². The minimum atomic E-state index is -4.51. The maximum absolute atomic E-state index is 12.6. The fourth-order valence-electron chi connectivity index (χ4n) is 2.07. The predicted octanol–water partition coefficient (Wildman–Crippen LogP) is 4.61. The van der Waals surface area contributed by atoms with Crippen molar-refractivity contribution < 1.29 is 23.0 Å². The highest BCUT2D eigenvalue weighted by Gasteiger charge is 2.31. The van der Waals surface area contributed by atoms with Crippen molar-refractivity contribution >= 4 is 11.3 Å². The molecule has 1 N–H and O–H groups in total. The highest BCUT2D eigenvalue weighted by molar-refractivity contribution is 7.18. The molecule has 2 aromatic carbocycles. The molecule has 3 aromatic rings. The quantitative estimate of drug-likeness (QED) is 0.748. The van der Waals surface area contributed by atoms with E-state index in [1.165, 1.54) is 17.4 Å². The van der Waals surface area contributed by atoms with Crippen molar-refractivity contribution in [3.05, 3.63) is 48.0 Å². The molecule has 0 saturated carbocycles. The zero-order valence-corrected chi connectivity index (χ0v) is 13.1. The first-order valence-corrected chi connectivity index (χ1v) is 7.58.